The van der Waals surface area contributed by atoms with Crippen molar-refractivity contribution >= 4 is 28.9 Å². The van der Waals surface area contributed by atoms with Crippen LogP contribution in [0.4, 0.5) is 5.69 Å². The molecular weight excluding hydrogens is 231 g/mol. The summed E-state index contributed by atoms with van der Waals surface area (Å²) in [6.45, 7) is 2.05. The van der Waals surface area contributed by atoms with E-state index in [1.165, 1.54) is 12.8 Å². The van der Waals surface area contributed by atoms with Crippen molar-refractivity contribution in [3.05, 3.63) is 28.2 Å². The molecule has 1 aliphatic rings. The Labute approximate surface area is 100.0 Å². The maximum atomic E-state index is 5.91. The average Bonchev–Trinajstić information content (AvgIpc) is 2.65. The summed E-state index contributed by atoms with van der Waals surface area (Å²) < 4.78 is 0. The number of nitrogens with one attached hydrogen (secondary N) is 2. The van der Waals surface area contributed by atoms with Crippen molar-refractivity contribution in [2.24, 2.45) is 0 Å². The zero-order chi connectivity index (χ0) is 10.7. The molecule has 1 aliphatic heterocycles. The minimum atomic E-state index is 0.572. The summed E-state index contributed by atoms with van der Waals surface area (Å²) in [4.78, 5) is 0. The van der Waals surface area contributed by atoms with Crippen LogP contribution in [-0.2, 0) is 0 Å². The lowest BCUT2D eigenvalue weighted by atomic mass is 10.2. The molecule has 2 rings (SSSR count). The van der Waals surface area contributed by atoms with Crippen molar-refractivity contribution in [1.82, 2.24) is 5.32 Å². The molecule has 82 valence electrons. The van der Waals surface area contributed by atoms with Crippen molar-refractivity contribution in [2.45, 2.75) is 18.9 Å². The van der Waals surface area contributed by atoms with E-state index >= 15 is 0 Å². The summed E-state index contributed by atoms with van der Waals surface area (Å²) in [7, 11) is 0. The van der Waals surface area contributed by atoms with Crippen molar-refractivity contribution in [1.29, 1.82) is 0 Å². The normalized spacial score (nSPS) is 20.5. The Balaban J connectivity index is 1.92. The van der Waals surface area contributed by atoms with E-state index < -0.39 is 0 Å². The zero-order valence-corrected chi connectivity index (χ0v) is 9.91. The molecule has 4 heteroatoms. The van der Waals surface area contributed by atoms with Crippen molar-refractivity contribution in [3.8, 4) is 0 Å². The van der Waals surface area contributed by atoms with Gasteiger partial charge in [0.15, 0.2) is 0 Å². The van der Waals surface area contributed by atoms with Gasteiger partial charge < -0.3 is 10.6 Å². The molecule has 1 aromatic carbocycles. The van der Waals surface area contributed by atoms with Gasteiger partial charge >= 0.3 is 0 Å². The van der Waals surface area contributed by atoms with Gasteiger partial charge in [0, 0.05) is 28.3 Å². The van der Waals surface area contributed by atoms with Crippen LogP contribution in [0.1, 0.15) is 12.8 Å². The number of benzene rings is 1. The predicted octanol–water partition coefficient (Wildman–Crippen LogP) is 3.16. The summed E-state index contributed by atoms with van der Waals surface area (Å²) in [6.07, 6.45) is 2.50. The summed E-state index contributed by atoms with van der Waals surface area (Å²) in [5, 5.41) is 8.11. The first-order chi connectivity index (χ1) is 7.24. The van der Waals surface area contributed by atoms with Gasteiger partial charge in [-0.15, -0.1) is 0 Å². The predicted molar refractivity (Wildman–Crippen MR) is 66.0 cm³/mol. The molecule has 1 heterocycles. The monoisotopic (exact) mass is 244 g/mol. The highest BCUT2D eigenvalue weighted by Gasteiger charge is 2.13. The van der Waals surface area contributed by atoms with Crippen molar-refractivity contribution in [3.63, 3.8) is 0 Å². The highest BCUT2D eigenvalue weighted by Crippen LogP contribution is 2.22. The van der Waals surface area contributed by atoms with Crippen LogP contribution >= 0.6 is 23.2 Å². The lowest BCUT2D eigenvalue weighted by Gasteiger charge is -2.12. The van der Waals surface area contributed by atoms with E-state index in [-0.39, 0.29) is 0 Å². The molecule has 0 amide bonds. The van der Waals surface area contributed by atoms with Gasteiger partial charge in [-0.3, -0.25) is 0 Å². The quantitative estimate of drug-likeness (QED) is 0.854. The zero-order valence-electron chi connectivity index (χ0n) is 8.39. The molecule has 1 aromatic rings. The molecule has 0 aromatic heterocycles. The first-order valence-corrected chi connectivity index (χ1v) is 5.93. The molecule has 1 atom stereocenters. The van der Waals surface area contributed by atoms with E-state index in [9.17, 15) is 0 Å². The standard InChI is InChI=1S/C11H14Cl2N2/c12-8-4-9(13)6-11(5-8)15-7-10-2-1-3-14-10/h4-6,10,14-15H,1-3,7H2/t10-/m1/s1. The van der Waals surface area contributed by atoms with E-state index in [1.54, 1.807) is 6.07 Å². The second-order valence-electron chi connectivity index (χ2n) is 3.83. The number of rotatable bonds is 3. The summed E-state index contributed by atoms with van der Waals surface area (Å²) in [6, 6.07) is 6.09. The molecule has 1 saturated heterocycles. The molecule has 15 heavy (non-hydrogen) atoms. The number of halogens is 2. The van der Waals surface area contributed by atoms with Gasteiger partial charge in [-0.05, 0) is 37.6 Å². The van der Waals surface area contributed by atoms with Gasteiger partial charge in [0.1, 0.15) is 0 Å². The molecule has 0 aliphatic carbocycles. The van der Waals surface area contributed by atoms with E-state index in [0.717, 1.165) is 18.8 Å². The fourth-order valence-corrected chi connectivity index (χ4v) is 2.35. The second kappa shape index (κ2) is 5.06. The van der Waals surface area contributed by atoms with Gasteiger partial charge in [-0.25, -0.2) is 0 Å². The van der Waals surface area contributed by atoms with Gasteiger partial charge in [0.05, 0.1) is 0 Å². The number of hydrogen-bond acceptors (Lipinski definition) is 2. The van der Waals surface area contributed by atoms with Crippen LogP contribution in [0.3, 0.4) is 0 Å². The highest BCUT2D eigenvalue weighted by molar-refractivity contribution is 6.35. The Kier molecular flexibility index (Phi) is 3.73. The Morgan fingerprint density at radius 1 is 1.27 bits per heavy atom. The Morgan fingerprint density at radius 2 is 2.00 bits per heavy atom. The Bertz CT molecular complexity index is 315. The van der Waals surface area contributed by atoms with E-state index in [2.05, 4.69) is 10.6 Å². The van der Waals surface area contributed by atoms with Crippen LogP contribution in [0.2, 0.25) is 10.0 Å². The van der Waals surface area contributed by atoms with Crippen LogP contribution in [0.25, 0.3) is 0 Å². The summed E-state index contributed by atoms with van der Waals surface area (Å²) in [5.74, 6) is 0. The lowest BCUT2D eigenvalue weighted by Crippen LogP contribution is -2.29. The maximum absolute atomic E-state index is 5.91. The second-order valence-corrected chi connectivity index (χ2v) is 4.71. The van der Waals surface area contributed by atoms with Gasteiger partial charge in [-0.1, -0.05) is 23.2 Å². The SMILES string of the molecule is Clc1cc(Cl)cc(NC[C@H]2CCCN2)c1. The molecule has 1 fully saturated rings. The first-order valence-electron chi connectivity index (χ1n) is 5.17. The van der Waals surface area contributed by atoms with E-state index in [1.807, 2.05) is 12.1 Å². The van der Waals surface area contributed by atoms with Crippen LogP contribution < -0.4 is 10.6 Å². The van der Waals surface area contributed by atoms with Gasteiger partial charge in [0.2, 0.25) is 0 Å². The fraction of sp³-hybridized carbons (Fsp3) is 0.455. The molecule has 2 nitrogen and oxygen atoms in total. The van der Waals surface area contributed by atoms with Crippen LogP contribution in [0.5, 0.6) is 0 Å². The minimum Gasteiger partial charge on any atom is -0.383 e. The molecule has 0 bridgehead atoms. The molecule has 0 radical (unpaired) electrons. The first kappa shape index (κ1) is 11.1. The molecule has 0 spiro atoms. The van der Waals surface area contributed by atoms with E-state index in [4.69, 9.17) is 23.2 Å². The third kappa shape index (κ3) is 3.26. The molecular formula is C11H14Cl2N2. The molecule has 0 unspecified atom stereocenters. The van der Waals surface area contributed by atoms with Crippen molar-refractivity contribution in [2.75, 3.05) is 18.4 Å². The third-order valence-corrected chi connectivity index (χ3v) is 3.01. The third-order valence-electron chi connectivity index (χ3n) is 2.58. The fourth-order valence-electron chi connectivity index (χ4n) is 1.83. The van der Waals surface area contributed by atoms with Gasteiger partial charge in [0.25, 0.3) is 0 Å². The Hall–Kier alpha value is -0.440. The van der Waals surface area contributed by atoms with Crippen LogP contribution in [0, 0.1) is 0 Å². The summed E-state index contributed by atoms with van der Waals surface area (Å²) >= 11 is 11.8. The summed E-state index contributed by atoms with van der Waals surface area (Å²) in [5.41, 5.74) is 0.987. The van der Waals surface area contributed by atoms with Crippen LogP contribution in [0.15, 0.2) is 18.2 Å². The average molecular weight is 245 g/mol. The Morgan fingerprint density at radius 3 is 2.60 bits per heavy atom. The molecule has 2 N–H and O–H groups in total. The number of hydrogen-bond donors (Lipinski definition) is 2. The smallest absolute Gasteiger partial charge is 0.0441 e. The number of anilines is 1. The van der Waals surface area contributed by atoms with Gasteiger partial charge in [-0.2, -0.15) is 0 Å². The van der Waals surface area contributed by atoms with E-state index in [0.29, 0.717) is 16.1 Å². The highest BCUT2D eigenvalue weighted by atomic mass is 35.5. The maximum Gasteiger partial charge on any atom is 0.0441 e. The minimum absolute atomic E-state index is 0.572. The topological polar surface area (TPSA) is 24.1 Å². The largest absolute Gasteiger partial charge is 0.383 e. The van der Waals surface area contributed by atoms with Crippen molar-refractivity contribution < 1.29 is 0 Å². The van der Waals surface area contributed by atoms with Crippen LogP contribution in [-0.4, -0.2) is 19.1 Å². The lowest BCUT2D eigenvalue weighted by molar-refractivity contribution is 0.633. The molecule has 0 saturated carbocycles.